The Labute approximate surface area is 68.3 Å². The zero-order valence-corrected chi connectivity index (χ0v) is 7.59. The molecule has 0 aliphatic carbocycles. The van der Waals surface area contributed by atoms with E-state index in [1.165, 1.54) is 5.06 Å². The number of hydrogen-bond acceptors (Lipinski definition) is 2. The highest BCUT2D eigenvalue weighted by atomic mass is 16.7. The van der Waals surface area contributed by atoms with Gasteiger partial charge in [0.1, 0.15) is 0 Å². The Hall–Kier alpha value is -0.570. The molecule has 0 heterocycles. The molecule has 0 aromatic carbocycles. The predicted molar refractivity (Wildman–Crippen MR) is 43.9 cm³/mol. The van der Waals surface area contributed by atoms with Gasteiger partial charge in [-0.05, 0) is 6.42 Å². The van der Waals surface area contributed by atoms with Gasteiger partial charge in [-0.1, -0.05) is 20.3 Å². The lowest BCUT2D eigenvalue weighted by atomic mass is 10.4. The molecule has 0 aliphatic heterocycles. The van der Waals surface area contributed by atoms with E-state index in [2.05, 4.69) is 6.92 Å². The number of hydroxylamine groups is 2. The van der Waals surface area contributed by atoms with Crippen molar-refractivity contribution in [3.63, 3.8) is 0 Å². The summed E-state index contributed by atoms with van der Waals surface area (Å²) in [5, 5.41) is 1.32. The summed E-state index contributed by atoms with van der Waals surface area (Å²) in [4.78, 5) is 16.0. The van der Waals surface area contributed by atoms with Crippen molar-refractivity contribution in [1.29, 1.82) is 0 Å². The number of unbranched alkanes of at least 4 members (excludes halogenated alkanes) is 1. The molecular formula is C8H17NO2. The van der Waals surface area contributed by atoms with Gasteiger partial charge >= 0.3 is 0 Å². The average Bonchev–Trinajstić information content (AvgIpc) is 2.03. The molecule has 1 amide bonds. The Kier molecular flexibility index (Phi) is 5.84. The minimum absolute atomic E-state index is 0.0288. The molecule has 0 saturated heterocycles. The van der Waals surface area contributed by atoms with Crippen LogP contribution < -0.4 is 0 Å². The van der Waals surface area contributed by atoms with Crippen molar-refractivity contribution >= 4 is 5.91 Å². The molecule has 3 heteroatoms. The third kappa shape index (κ3) is 4.79. The van der Waals surface area contributed by atoms with E-state index in [0.29, 0.717) is 13.0 Å². The first-order valence-corrected chi connectivity index (χ1v) is 4.11. The van der Waals surface area contributed by atoms with Crippen molar-refractivity contribution < 1.29 is 9.63 Å². The van der Waals surface area contributed by atoms with Gasteiger partial charge in [-0.15, -0.1) is 0 Å². The SMILES string of the molecule is CCCCON(C)C(=O)CC. The van der Waals surface area contributed by atoms with E-state index >= 15 is 0 Å². The van der Waals surface area contributed by atoms with Crippen LogP contribution in [0.25, 0.3) is 0 Å². The van der Waals surface area contributed by atoms with Crippen LogP contribution in [0.4, 0.5) is 0 Å². The van der Waals surface area contributed by atoms with E-state index in [0.717, 1.165) is 12.8 Å². The fourth-order valence-electron chi connectivity index (χ4n) is 0.640. The second-order valence-corrected chi connectivity index (χ2v) is 2.43. The van der Waals surface area contributed by atoms with Crippen LogP contribution in [0.15, 0.2) is 0 Å². The Balaban J connectivity index is 3.36. The molecule has 0 bridgehead atoms. The fourth-order valence-corrected chi connectivity index (χ4v) is 0.640. The predicted octanol–water partition coefficient (Wildman–Crippen LogP) is 1.59. The zero-order chi connectivity index (χ0) is 8.69. The van der Waals surface area contributed by atoms with E-state index in [9.17, 15) is 4.79 Å². The quantitative estimate of drug-likeness (QED) is 0.450. The first kappa shape index (κ1) is 10.4. The Morgan fingerprint density at radius 3 is 2.55 bits per heavy atom. The van der Waals surface area contributed by atoms with Gasteiger partial charge < -0.3 is 0 Å². The van der Waals surface area contributed by atoms with Gasteiger partial charge in [-0.2, -0.15) is 0 Å². The van der Waals surface area contributed by atoms with Crippen molar-refractivity contribution in [3.8, 4) is 0 Å². The molecule has 11 heavy (non-hydrogen) atoms. The summed E-state index contributed by atoms with van der Waals surface area (Å²) in [5.74, 6) is 0.0288. The third-order valence-electron chi connectivity index (χ3n) is 1.44. The summed E-state index contributed by atoms with van der Waals surface area (Å²) in [6.07, 6.45) is 2.60. The average molecular weight is 159 g/mol. The number of amides is 1. The summed E-state index contributed by atoms with van der Waals surface area (Å²) in [5.41, 5.74) is 0. The Bertz CT molecular complexity index is 115. The molecule has 0 N–H and O–H groups in total. The summed E-state index contributed by atoms with van der Waals surface area (Å²) in [6.45, 7) is 4.55. The minimum atomic E-state index is 0.0288. The standard InChI is InChI=1S/C8H17NO2/c1-4-6-7-11-9(3)8(10)5-2/h4-7H2,1-3H3. The Morgan fingerprint density at radius 2 is 2.09 bits per heavy atom. The smallest absolute Gasteiger partial charge is 0.245 e. The zero-order valence-electron chi connectivity index (χ0n) is 7.59. The Morgan fingerprint density at radius 1 is 1.45 bits per heavy atom. The summed E-state index contributed by atoms with van der Waals surface area (Å²) < 4.78 is 0. The van der Waals surface area contributed by atoms with Gasteiger partial charge in [0.25, 0.3) is 0 Å². The van der Waals surface area contributed by atoms with Crippen molar-refractivity contribution in [2.75, 3.05) is 13.7 Å². The van der Waals surface area contributed by atoms with Crippen molar-refractivity contribution in [1.82, 2.24) is 5.06 Å². The van der Waals surface area contributed by atoms with Gasteiger partial charge in [-0.25, -0.2) is 5.06 Å². The van der Waals surface area contributed by atoms with Crippen LogP contribution in [0.3, 0.4) is 0 Å². The molecule has 3 nitrogen and oxygen atoms in total. The molecule has 0 aromatic heterocycles. The molecule has 0 unspecified atom stereocenters. The van der Waals surface area contributed by atoms with E-state index in [1.54, 1.807) is 7.05 Å². The number of carbonyl (C=O) groups excluding carboxylic acids is 1. The highest BCUT2D eigenvalue weighted by Crippen LogP contribution is 1.94. The number of carbonyl (C=O) groups is 1. The maximum absolute atomic E-state index is 10.9. The molecule has 66 valence electrons. The van der Waals surface area contributed by atoms with Crippen molar-refractivity contribution in [2.45, 2.75) is 33.1 Å². The molecular weight excluding hydrogens is 142 g/mol. The number of nitrogens with zero attached hydrogens (tertiary/aromatic N) is 1. The highest BCUT2D eigenvalue weighted by Gasteiger charge is 2.04. The van der Waals surface area contributed by atoms with Gasteiger partial charge in [0.2, 0.25) is 5.91 Å². The van der Waals surface area contributed by atoms with E-state index in [-0.39, 0.29) is 5.91 Å². The van der Waals surface area contributed by atoms with Gasteiger partial charge in [-0.3, -0.25) is 9.63 Å². The number of rotatable bonds is 5. The molecule has 0 spiro atoms. The van der Waals surface area contributed by atoms with Crippen LogP contribution in [0.1, 0.15) is 33.1 Å². The molecule has 0 aromatic rings. The second-order valence-electron chi connectivity index (χ2n) is 2.43. The highest BCUT2D eigenvalue weighted by molar-refractivity contribution is 5.74. The minimum Gasteiger partial charge on any atom is -0.273 e. The van der Waals surface area contributed by atoms with Crippen LogP contribution >= 0.6 is 0 Å². The molecule has 0 rings (SSSR count). The molecule has 0 fully saturated rings. The van der Waals surface area contributed by atoms with E-state index in [1.807, 2.05) is 6.92 Å². The lowest BCUT2D eigenvalue weighted by Gasteiger charge is -2.15. The van der Waals surface area contributed by atoms with Crippen LogP contribution in [0, 0.1) is 0 Å². The summed E-state index contributed by atoms with van der Waals surface area (Å²) in [6, 6.07) is 0. The van der Waals surface area contributed by atoms with E-state index < -0.39 is 0 Å². The summed E-state index contributed by atoms with van der Waals surface area (Å²) in [7, 11) is 1.65. The fraction of sp³-hybridized carbons (Fsp3) is 0.875. The third-order valence-corrected chi connectivity index (χ3v) is 1.44. The molecule has 0 saturated carbocycles. The molecule has 0 aliphatic rings. The molecule has 0 radical (unpaired) electrons. The van der Waals surface area contributed by atoms with Gasteiger partial charge in [0, 0.05) is 13.5 Å². The van der Waals surface area contributed by atoms with Crippen LogP contribution in [0.2, 0.25) is 0 Å². The normalized spacial score (nSPS) is 9.73. The van der Waals surface area contributed by atoms with Crippen LogP contribution in [-0.4, -0.2) is 24.6 Å². The van der Waals surface area contributed by atoms with Gasteiger partial charge in [0.05, 0.1) is 6.61 Å². The topological polar surface area (TPSA) is 29.5 Å². The number of hydrogen-bond donors (Lipinski definition) is 0. The maximum atomic E-state index is 10.9. The second kappa shape index (κ2) is 6.16. The van der Waals surface area contributed by atoms with Crippen LogP contribution in [0.5, 0.6) is 0 Å². The lowest BCUT2D eigenvalue weighted by molar-refractivity contribution is -0.178. The van der Waals surface area contributed by atoms with Gasteiger partial charge in [0.15, 0.2) is 0 Å². The first-order chi connectivity index (χ1) is 5.22. The molecule has 0 atom stereocenters. The largest absolute Gasteiger partial charge is 0.273 e. The monoisotopic (exact) mass is 159 g/mol. The van der Waals surface area contributed by atoms with Crippen molar-refractivity contribution in [2.24, 2.45) is 0 Å². The summed E-state index contributed by atoms with van der Waals surface area (Å²) >= 11 is 0. The van der Waals surface area contributed by atoms with Crippen molar-refractivity contribution in [3.05, 3.63) is 0 Å². The van der Waals surface area contributed by atoms with Crippen LogP contribution in [-0.2, 0) is 9.63 Å². The first-order valence-electron chi connectivity index (χ1n) is 4.11. The maximum Gasteiger partial charge on any atom is 0.245 e. The lowest BCUT2D eigenvalue weighted by Crippen LogP contribution is -2.26. The van der Waals surface area contributed by atoms with E-state index in [4.69, 9.17) is 4.84 Å².